The number of esters is 3. The van der Waals surface area contributed by atoms with Crippen molar-refractivity contribution in [3.05, 3.63) is 72.9 Å². The molecule has 0 N–H and O–H groups in total. The standard InChI is InChI=1S/C69H122O6/c1-4-7-10-13-16-19-22-25-28-31-33-34-36-38-41-44-47-50-53-56-59-62-68(71)74-65-66(64-73-67(70)61-58-55-52-49-46-43-40-37-30-27-24-21-18-15-12-9-6-3)75-69(72)63-60-57-54-51-48-45-42-39-35-32-29-26-23-20-17-14-11-8-5-2/h9,12,18,21,26-27,29-31,33,40,43,66H,4-8,10-11,13-17,19-20,22-25,28,32,34-39,41-42,44-65H2,1-3H3/b12-9-,21-18-,29-26-,30-27-,33-31-,43-40-. The molecular weight excluding hydrogens is 925 g/mol. The van der Waals surface area contributed by atoms with Gasteiger partial charge in [0.15, 0.2) is 6.10 Å². The van der Waals surface area contributed by atoms with Crippen molar-refractivity contribution in [1.82, 2.24) is 0 Å². The Balaban J connectivity index is 4.39. The monoisotopic (exact) mass is 1050 g/mol. The first-order valence-corrected chi connectivity index (χ1v) is 32.4. The second-order valence-corrected chi connectivity index (χ2v) is 21.6. The topological polar surface area (TPSA) is 78.9 Å². The number of allylic oxidation sites excluding steroid dienone is 12. The molecule has 0 radical (unpaired) electrons. The first kappa shape index (κ1) is 71.8. The van der Waals surface area contributed by atoms with E-state index in [9.17, 15) is 14.4 Å². The Morgan fingerprint density at radius 2 is 0.520 bits per heavy atom. The molecular formula is C69H122O6. The van der Waals surface area contributed by atoms with Crippen LogP contribution in [0, 0.1) is 0 Å². The summed E-state index contributed by atoms with van der Waals surface area (Å²) in [5.41, 5.74) is 0. The molecule has 6 heteroatoms. The van der Waals surface area contributed by atoms with Crippen LogP contribution in [-0.2, 0) is 28.6 Å². The van der Waals surface area contributed by atoms with Crippen molar-refractivity contribution in [2.45, 2.75) is 335 Å². The van der Waals surface area contributed by atoms with Gasteiger partial charge < -0.3 is 14.2 Å². The first-order valence-electron chi connectivity index (χ1n) is 32.4. The molecule has 75 heavy (non-hydrogen) atoms. The number of carbonyl (C=O) groups is 3. The van der Waals surface area contributed by atoms with E-state index < -0.39 is 6.10 Å². The van der Waals surface area contributed by atoms with E-state index in [2.05, 4.69) is 93.7 Å². The third kappa shape index (κ3) is 61.6. The van der Waals surface area contributed by atoms with Gasteiger partial charge in [-0.15, -0.1) is 0 Å². The molecule has 0 aliphatic carbocycles. The third-order valence-electron chi connectivity index (χ3n) is 14.2. The van der Waals surface area contributed by atoms with Crippen LogP contribution >= 0.6 is 0 Å². The highest BCUT2D eigenvalue weighted by Gasteiger charge is 2.19. The number of hydrogen-bond donors (Lipinski definition) is 0. The predicted octanol–water partition coefficient (Wildman–Crippen LogP) is 22.1. The van der Waals surface area contributed by atoms with Crippen LogP contribution in [0.5, 0.6) is 0 Å². The number of hydrogen-bond acceptors (Lipinski definition) is 6. The Hall–Kier alpha value is -3.15. The number of rotatable bonds is 59. The zero-order chi connectivity index (χ0) is 54.3. The summed E-state index contributed by atoms with van der Waals surface area (Å²) in [6, 6.07) is 0. The molecule has 0 rings (SSSR count). The van der Waals surface area contributed by atoms with Crippen molar-refractivity contribution in [1.29, 1.82) is 0 Å². The van der Waals surface area contributed by atoms with Crippen molar-refractivity contribution in [3.8, 4) is 0 Å². The lowest BCUT2D eigenvalue weighted by molar-refractivity contribution is -0.167. The van der Waals surface area contributed by atoms with Crippen LogP contribution in [0.15, 0.2) is 72.9 Å². The Labute approximate surface area is 465 Å². The molecule has 0 aliphatic heterocycles. The number of unbranched alkanes of at least 4 members (excludes halogenated alkanes) is 36. The van der Waals surface area contributed by atoms with Crippen LogP contribution in [-0.4, -0.2) is 37.2 Å². The molecule has 0 fully saturated rings. The third-order valence-corrected chi connectivity index (χ3v) is 14.2. The second kappa shape index (κ2) is 63.4. The molecule has 434 valence electrons. The van der Waals surface area contributed by atoms with Gasteiger partial charge in [-0.2, -0.15) is 0 Å². The normalized spacial score (nSPS) is 12.5. The van der Waals surface area contributed by atoms with Gasteiger partial charge in [-0.3, -0.25) is 14.4 Å². The molecule has 1 atom stereocenters. The van der Waals surface area contributed by atoms with E-state index in [1.54, 1.807) is 0 Å². The summed E-state index contributed by atoms with van der Waals surface area (Å²) in [5, 5.41) is 0. The molecule has 6 nitrogen and oxygen atoms in total. The maximum absolute atomic E-state index is 12.9. The lowest BCUT2D eigenvalue weighted by Gasteiger charge is -2.18. The fourth-order valence-corrected chi connectivity index (χ4v) is 9.31. The molecule has 0 heterocycles. The highest BCUT2D eigenvalue weighted by Crippen LogP contribution is 2.16. The van der Waals surface area contributed by atoms with E-state index in [1.165, 1.54) is 193 Å². The van der Waals surface area contributed by atoms with Gasteiger partial charge in [-0.05, 0) is 109 Å². The fourth-order valence-electron chi connectivity index (χ4n) is 9.31. The van der Waals surface area contributed by atoms with Crippen LogP contribution in [0.2, 0.25) is 0 Å². The molecule has 0 saturated heterocycles. The average Bonchev–Trinajstić information content (AvgIpc) is 3.41. The van der Waals surface area contributed by atoms with E-state index in [1.807, 2.05) is 0 Å². The smallest absolute Gasteiger partial charge is 0.306 e. The first-order chi connectivity index (χ1) is 37.0. The van der Waals surface area contributed by atoms with Gasteiger partial charge in [-0.25, -0.2) is 0 Å². The molecule has 0 aromatic rings. The predicted molar refractivity (Wildman–Crippen MR) is 325 cm³/mol. The van der Waals surface area contributed by atoms with Gasteiger partial charge in [-0.1, -0.05) is 273 Å². The fraction of sp³-hybridized carbons (Fsp3) is 0.783. The summed E-state index contributed by atoms with van der Waals surface area (Å²) in [4.78, 5) is 38.4. The minimum atomic E-state index is -0.789. The van der Waals surface area contributed by atoms with Gasteiger partial charge in [0.05, 0.1) is 0 Å². The Bertz CT molecular complexity index is 1390. The Kier molecular flexibility index (Phi) is 60.7. The van der Waals surface area contributed by atoms with Crippen LogP contribution in [0.25, 0.3) is 0 Å². The van der Waals surface area contributed by atoms with Gasteiger partial charge in [0.1, 0.15) is 13.2 Å². The van der Waals surface area contributed by atoms with Crippen LogP contribution in [0.3, 0.4) is 0 Å². The molecule has 0 saturated carbocycles. The molecule has 0 aliphatic rings. The second-order valence-electron chi connectivity index (χ2n) is 21.6. The van der Waals surface area contributed by atoms with E-state index in [0.717, 1.165) is 96.3 Å². The molecule has 0 aromatic carbocycles. The number of carbonyl (C=O) groups excluding carboxylic acids is 3. The van der Waals surface area contributed by atoms with Crippen LogP contribution < -0.4 is 0 Å². The van der Waals surface area contributed by atoms with Crippen LogP contribution in [0.4, 0.5) is 0 Å². The molecule has 0 bridgehead atoms. The maximum Gasteiger partial charge on any atom is 0.306 e. The number of ether oxygens (including phenoxy) is 3. The Morgan fingerprint density at radius 3 is 0.827 bits per heavy atom. The zero-order valence-corrected chi connectivity index (χ0v) is 49.8. The van der Waals surface area contributed by atoms with Crippen molar-refractivity contribution in [2.24, 2.45) is 0 Å². The van der Waals surface area contributed by atoms with Crippen molar-refractivity contribution < 1.29 is 28.6 Å². The summed E-state index contributed by atoms with van der Waals surface area (Å²) < 4.78 is 16.9. The lowest BCUT2D eigenvalue weighted by atomic mass is 10.1. The highest BCUT2D eigenvalue weighted by atomic mass is 16.6. The Morgan fingerprint density at radius 1 is 0.280 bits per heavy atom. The lowest BCUT2D eigenvalue weighted by Crippen LogP contribution is -2.30. The summed E-state index contributed by atoms with van der Waals surface area (Å²) >= 11 is 0. The van der Waals surface area contributed by atoms with E-state index in [-0.39, 0.29) is 31.1 Å². The SMILES string of the molecule is CC/C=C\C/C=C\C/C=C\C/C=C\CCCCCCC(=O)OCC(COC(=O)CCCCCCCCCCC/C=C\CCCCCCCCCC)OC(=O)CCCCCCCCCCC/C=C\CCCCCCCC. The maximum atomic E-state index is 12.9. The van der Waals surface area contributed by atoms with Crippen molar-refractivity contribution in [3.63, 3.8) is 0 Å². The van der Waals surface area contributed by atoms with E-state index in [4.69, 9.17) is 14.2 Å². The largest absolute Gasteiger partial charge is 0.462 e. The average molecular weight is 1050 g/mol. The van der Waals surface area contributed by atoms with Gasteiger partial charge >= 0.3 is 17.9 Å². The summed E-state index contributed by atoms with van der Waals surface area (Å²) in [6.07, 6.45) is 81.9. The van der Waals surface area contributed by atoms with E-state index in [0.29, 0.717) is 19.3 Å². The van der Waals surface area contributed by atoms with Crippen molar-refractivity contribution >= 4 is 17.9 Å². The summed E-state index contributed by atoms with van der Waals surface area (Å²) in [6.45, 7) is 6.54. The minimum absolute atomic E-state index is 0.0837. The highest BCUT2D eigenvalue weighted by molar-refractivity contribution is 5.71. The van der Waals surface area contributed by atoms with E-state index >= 15 is 0 Å². The van der Waals surface area contributed by atoms with Gasteiger partial charge in [0.25, 0.3) is 0 Å². The molecule has 0 aromatic heterocycles. The van der Waals surface area contributed by atoms with Crippen LogP contribution in [0.1, 0.15) is 329 Å². The molecule has 0 spiro atoms. The van der Waals surface area contributed by atoms with Crippen molar-refractivity contribution in [2.75, 3.05) is 13.2 Å². The minimum Gasteiger partial charge on any atom is -0.462 e. The molecule has 1 unspecified atom stereocenters. The van der Waals surface area contributed by atoms with Gasteiger partial charge in [0, 0.05) is 19.3 Å². The zero-order valence-electron chi connectivity index (χ0n) is 49.8. The quantitative estimate of drug-likeness (QED) is 0.0261. The molecule has 0 amide bonds. The van der Waals surface area contributed by atoms with Gasteiger partial charge in [0.2, 0.25) is 0 Å². The summed E-state index contributed by atoms with van der Waals surface area (Å²) in [7, 11) is 0. The summed E-state index contributed by atoms with van der Waals surface area (Å²) in [5.74, 6) is -0.897.